The van der Waals surface area contributed by atoms with Crippen LogP contribution in [0.5, 0.6) is 0 Å². The summed E-state index contributed by atoms with van der Waals surface area (Å²) in [6, 6.07) is 39.7. The zero-order chi connectivity index (χ0) is 28.5. The molecule has 5 aromatic rings. The zero-order valence-corrected chi connectivity index (χ0v) is 25.5. The molecule has 4 heteroatoms. The van der Waals surface area contributed by atoms with Gasteiger partial charge in [0.1, 0.15) is 0 Å². The predicted molar refractivity (Wildman–Crippen MR) is 184 cm³/mol. The van der Waals surface area contributed by atoms with Crippen molar-refractivity contribution < 1.29 is 0 Å². The molecule has 206 valence electrons. The minimum absolute atomic E-state index is 0.956. The lowest BCUT2D eigenvalue weighted by Gasteiger charge is -2.32. The first-order valence-electron chi connectivity index (χ1n) is 14.5. The van der Waals surface area contributed by atoms with Crippen LogP contribution in [0.2, 0.25) is 0 Å². The van der Waals surface area contributed by atoms with Gasteiger partial charge >= 0.3 is 0 Å². The molecule has 2 nitrogen and oxygen atoms in total. The number of hydrogen-bond acceptors (Lipinski definition) is 4. The van der Waals surface area contributed by atoms with Gasteiger partial charge in [-0.15, -0.1) is 0 Å². The van der Waals surface area contributed by atoms with Crippen LogP contribution >= 0.6 is 23.5 Å². The van der Waals surface area contributed by atoms with E-state index in [1.807, 2.05) is 23.5 Å². The Kier molecular flexibility index (Phi) is 7.41. The Hall–Kier alpha value is -4.12. The van der Waals surface area contributed by atoms with Gasteiger partial charge in [0.05, 0.1) is 22.7 Å². The maximum absolute atomic E-state index is 2.41. The summed E-state index contributed by atoms with van der Waals surface area (Å²) >= 11 is 3.72. The van der Waals surface area contributed by atoms with Gasteiger partial charge in [0.15, 0.2) is 0 Å². The molecular weight excluding hydrogens is 549 g/mol. The second-order valence-electron chi connectivity index (χ2n) is 10.4. The lowest BCUT2D eigenvalue weighted by Crippen LogP contribution is -2.19. The molecule has 0 unspecified atom stereocenters. The number of rotatable bonds is 6. The van der Waals surface area contributed by atoms with Crippen molar-refractivity contribution in [3.63, 3.8) is 0 Å². The van der Waals surface area contributed by atoms with Crippen molar-refractivity contribution in [2.75, 3.05) is 22.9 Å². The molecule has 0 spiro atoms. The van der Waals surface area contributed by atoms with Crippen molar-refractivity contribution in [1.82, 2.24) is 0 Å². The molecule has 0 aliphatic carbocycles. The highest BCUT2D eigenvalue weighted by Crippen LogP contribution is 2.49. The van der Waals surface area contributed by atoms with E-state index in [2.05, 4.69) is 157 Å². The van der Waals surface area contributed by atoms with E-state index in [1.54, 1.807) is 0 Å². The molecule has 0 atom stereocenters. The third-order valence-electron chi connectivity index (χ3n) is 7.81. The van der Waals surface area contributed by atoms with Crippen LogP contribution in [0.25, 0.3) is 24.3 Å². The molecule has 0 aromatic heterocycles. The molecule has 0 fully saturated rings. The van der Waals surface area contributed by atoms with Gasteiger partial charge in [0.25, 0.3) is 0 Å². The molecule has 0 bridgehead atoms. The Morgan fingerprint density at radius 1 is 0.429 bits per heavy atom. The summed E-state index contributed by atoms with van der Waals surface area (Å²) < 4.78 is 0. The summed E-state index contributed by atoms with van der Waals surface area (Å²) in [6.07, 6.45) is 8.83. The van der Waals surface area contributed by atoms with Gasteiger partial charge in [-0.2, -0.15) is 0 Å². The molecule has 0 saturated carbocycles. The number of para-hydroxylation sites is 2. The van der Waals surface area contributed by atoms with Crippen molar-refractivity contribution in [1.29, 1.82) is 0 Å². The molecule has 7 rings (SSSR count). The predicted octanol–water partition coefficient (Wildman–Crippen LogP) is 11.3. The Balaban J connectivity index is 1.04. The molecule has 5 aromatic carbocycles. The molecule has 2 heterocycles. The standard InChI is InChI=1S/C38H32N2S2/c1-3-39-31-9-5-7-11-35(31)41-37-25-29(21-23-33(37)39)19-17-27-13-15-28(16-14-27)18-20-30-22-24-34-38(26-30)42-36-12-8-6-10-32(36)40(34)4-2/h5-26H,3-4H2,1-2H3/b19-17+,20-18+. The molecule has 0 amide bonds. The fourth-order valence-electron chi connectivity index (χ4n) is 5.69. The lowest BCUT2D eigenvalue weighted by atomic mass is 10.1. The van der Waals surface area contributed by atoms with Crippen LogP contribution in [-0.2, 0) is 0 Å². The van der Waals surface area contributed by atoms with E-state index < -0.39 is 0 Å². The van der Waals surface area contributed by atoms with Crippen molar-refractivity contribution >= 4 is 70.6 Å². The average molecular weight is 581 g/mol. The largest absolute Gasteiger partial charge is 0.340 e. The number of benzene rings is 5. The number of hydrogen-bond donors (Lipinski definition) is 0. The van der Waals surface area contributed by atoms with E-state index >= 15 is 0 Å². The number of nitrogens with zero attached hydrogens (tertiary/aromatic N) is 2. The Labute approximate surface area is 257 Å². The molecule has 2 aliphatic heterocycles. The fraction of sp³-hybridized carbons (Fsp3) is 0.105. The number of anilines is 4. The fourth-order valence-corrected chi connectivity index (χ4v) is 7.98. The average Bonchev–Trinajstić information content (AvgIpc) is 3.04. The van der Waals surface area contributed by atoms with Crippen molar-refractivity contribution in [2.24, 2.45) is 0 Å². The van der Waals surface area contributed by atoms with E-state index in [-0.39, 0.29) is 0 Å². The highest BCUT2D eigenvalue weighted by Gasteiger charge is 2.23. The van der Waals surface area contributed by atoms with Crippen LogP contribution in [0, 0.1) is 0 Å². The second-order valence-corrected chi connectivity index (χ2v) is 12.6. The maximum atomic E-state index is 2.41. The van der Waals surface area contributed by atoms with Gasteiger partial charge in [0.2, 0.25) is 0 Å². The van der Waals surface area contributed by atoms with Gasteiger partial charge in [-0.05, 0) is 84.6 Å². The first-order chi connectivity index (χ1) is 20.7. The first-order valence-corrected chi connectivity index (χ1v) is 16.2. The summed E-state index contributed by atoms with van der Waals surface area (Å²) in [5, 5.41) is 0. The molecule has 42 heavy (non-hydrogen) atoms. The molecule has 2 aliphatic rings. The molecule has 0 N–H and O–H groups in total. The quantitative estimate of drug-likeness (QED) is 0.184. The normalized spacial score (nSPS) is 13.7. The monoisotopic (exact) mass is 580 g/mol. The van der Waals surface area contributed by atoms with Gasteiger partial charge in [0, 0.05) is 32.7 Å². The van der Waals surface area contributed by atoms with Gasteiger partial charge < -0.3 is 9.80 Å². The Bertz CT molecular complexity index is 1690. The Morgan fingerprint density at radius 3 is 1.21 bits per heavy atom. The van der Waals surface area contributed by atoms with Crippen LogP contribution in [-0.4, -0.2) is 13.1 Å². The van der Waals surface area contributed by atoms with E-state index in [1.165, 1.54) is 64.6 Å². The summed E-state index contributed by atoms with van der Waals surface area (Å²) in [7, 11) is 0. The van der Waals surface area contributed by atoms with E-state index in [0.717, 1.165) is 13.1 Å². The Morgan fingerprint density at radius 2 is 0.786 bits per heavy atom. The van der Waals surface area contributed by atoms with Crippen LogP contribution in [0.4, 0.5) is 22.7 Å². The lowest BCUT2D eigenvalue weighted by molar-refractivity contribution is 0.979. The summed E-state index contributed by atoms with van der Waals surface area (Å²) in [6.45, 7) is 6.35. The van der Waals surface area contributed by atoms with E-state index in [9.17, 15) is 0 Å². The van der Waals surface area contributed by atoms with Crippen molar-refractivity contribution in [3.8, 4) is 0 Å². The molecule has 0 saturated heterocycles. The summed E-state index contributed by atoms with van der Waals surface area (Å²) in [4.78, 5) is 10.1. The van der Waals surface area contributed by atoms with Crippen LogP contribution in [0.15, 0.2) is 129 Å². The maximum Gasteiger partial charge on any atom is 0.0553 e. The summed E-state index contributed by atoms with van der Waals surface area (Å²) in [5.74, 6) is 0. The zero-order valence-electron chi connectivity index (χ0n) is 23.8. The van der Waals surface area contributed by atoms with Gasteiger partial charge in [-0.1, -0.05) is 108 Å². The third kappa shape index (κ3) is 5.17. The highest BCUT2D eigenvalue weighted by molar-refractivity contribution is 8.00. The van der Waals surface area contributed by atoms with Crippen LogP contribution in [0.1, 0.15) is 36.1 Å². The van der Waals surface area contributed by atoms with Crippen molar-refractivity contribution in [2.45, 2.75) is 33.4 Å². The van der Waals surface area contributed by atoms with Crippen LogP contribution in [0.3, 0.4) is 0 Å². The van der Waals surface area contributed by atoms with E-state index in [0.29, 0.717) is 0 Å². The second kappa shape index (κ2) is 11.6. The van der Waals surface area contributed by atoms with Crippen molar-refractivity contribution in [3.05, 3.63) is 131 Å². The van der Waals surface area contributed by atoms with Crippen LogP contribution < -0.4 is 9.80 Å². The minimum Gasteiger partial charge on any atom is -0.340 e. The third-order valence-corrected chi connectivity index (χ3v) is 10.0. The highest BCUT2D eigenvalue weighted by atomic mass is 32.2. The first kappa shape index (κ1) is 26.8. The summed E-state index contributed by atoms with van der Waals surface area (Å²) in [5.41, 5.74) is 10.0. The molecular formula is C38H32N2S2. The topological polar surface area (TPSA) is 6.48 Å². The van der Waals surface area contributed by atoms with Gasteiger partial charge in [-0.25, -0.2) is 0 Å². The SMILES string of the molecule is CCN1c2ccccc2Sc2cc(/C=C/c3ccc(/C=C/c4ccc5c(c4)Sc4ccccc4N5CC)cc3)ccc21. The smallest absolute Gasteiger partial charge is 0.0553 e. The minimum atomic E-state index is 0.956. The molecule has 0 radical (unpaired) electrons. The van der Waals surface area contributed by atoms with Gasteiger partial charge in [-0.3, -0.25) is 0 Å². The number of fused-ring (bicyclic) bond motifs is 4. The van der Waals surface area contributed by atoms with E-state index in [4.69, 9.17) is 0 Å².